The van der Waals surface area contributed by atoms with E-state index in [0.29, 0.717) is 0 Å². The molecule has 0 aromatic rings. The van der Waals surface area contributed by atoms with E-state index in [9.17, 15) is 70.9 Å². The molecule has 20 nitrogen and oxygen atoms in total. The second-order valence-electron chi connectivity index (χ2n) is 20.4. The molecule has 19 atom stereocenters. The van der Waals surface area contributed by atoms with E-state index in [4.69, 9.17) is 29.4 Å². The molecule has 3 aliphatic heterocycles. The summed E-state index contributed by atoms with van der Waals surface area (Å²) in [6, 6.07) is -1.07. The zero-order valence-corrected chi connectivity index (χ0v) is 43.0. The highest BCUT2D eigenvalue weighted by molar-refractivity contribution is 5.70. The van der Waals surface area contributed by atoms with Gasteiger partial charge >= 0.3 is 11.9 Å². The molecule has 0 aliphatic carbocycles. The molecule has 0 amide bonds. The lowest BCUT2D eigenvalue weighted by molar-refractivity contribution is -0.287. The quantitative estimate of drug-likeness (QED) is 0.138. The van der Waals surface area contributed by atoms with Crippen molar-refractivity contribution in [1.29, 1.82) is 0 Å². The smallest absolute Gasteiger partial charge is 0.308 e. The Kier molecular flexibility index (Phi) is 27.8. The third-order valence-electron chi connectivity index (χ3n) is 13.5. The Morgan fingerprint density at radius 1 is 0.671 bits per heavy atom. The summed E-state index contributed by atoms with van der Waals surface area (Å²) in [6.45, 7) is 8.30. The van der Waals surface area contributed by atoms with Crippen molar-refractivity contribution >= 4 is 11.9 Å². The molecule has 20 heteroatoms. The number of cyclic esters (lactones) is 1. The van der Waals surface area contributed by atoms with Crippen LogP contribution in [0.3, 0.4) is 0 Å². The molecule has 3 heterocycles. The predicted molar refractivity (Wildman–Crippen MR) is 268 cm³/mol. The summed E-state index contributed by atoms with van der Waals surface area (Å²) < 4.78 is 29.6. The van der Waals surface area contributed by atoms with Gasteiger partial charge < -0.3 is 90.7 Å². The average molecular weight is 1040 g/mol. The van der Waals surface area contributed by atoms with Crippen LogP contribution in [0, 0.1) is 11.8 Å². The SMILES string of the molecule is CC1O[C@H](OC2/C=C/C=C/C=C/C=C/CC/C=C/C=C/[C@H](C)C(OC3CC(C)(O)C(O)[C@H](C)O3)C[C@H](C)OC(=O)CC(O)CC(O)CC(O)CCC(O)C(O)CC(O)(O)CCC(C(=O)O)CC2)C(O)C(N)[C@@H]1O. The minimum atomic E-state index is -2.60. The average Bonchev–Trinajstić information content (AvgIpc) is 3.29. The number of allylic oxidation sites excluding steroid dienone is 10. The number of aliphatic carboxylic acids is 1. The van der Waals surface area contributed by atoms with E-state index in [1.54, 1.807) is 51.2 Å². The van der Waals surface area contributed by atoms with Crippen molar-refractivity contribution in [2.24, 2.45) is 17.6 Å². The van der Waals surface area contributed by atoms with Gasteiger partial charge in [-0.2, -0.15) is 0 Å². The van der Waals surface area contributed by atoms with E-state index in [2.05, 4.69) is 0 Å². The Bertz CT molecular complexity index is 1800. The molecule has 2 fully saturated rings. The van der Waals surface area contributed by atoms with E-state index in [1.807, 2.05) is 49.5 Å². The number of esters is 1. The zero-order chi connectivity index (χ0) is 54.5. The van der Waals surface area contributed by atoms with Crippen LogP contribution in [0.15, 0.2) is 72.9 Å². The summed E-state index contributed by atoms with van der Waals surface area (Å²) in [5.41, 5.74) is 4.54. The first-order valence-electron chi connectivity index (χ1n) is 25.7. The van der Waals surface area contributed by atoms with Crippen LogP contribution < -0.4 is 5.73 Å². The minimum absolute atomic E-state index is 0.00457. The number of hydrogen-bond donors (Lipinski definition) is 13. The van der Waals surface area contributed by atoms with Crippen molar-refractivity contribution in [2.45, 2.75) is 234 Å². The van der Waals surface area contributed by atoms with Gasteiger partial charge in [0, 0.05) is 31.6 Å². The Balaban J connectivity index is 1.79. The van der Waals surface area contributed by atoms with Crippen LogP contribution in [0.4, 0.5) is 0 Å². The predicted octanol–water partition coefficient (Wildman–Crippen LogP) is 1.97. The van der Waals surface area contributed by atoms with Crippen molar-refractivity contribution in [2.75, 3.05) is 0 Å². The van der Waals surface area contributed by atoms with Gasteiger partial charge in [-0.3, -0.25) is 9.59 Å². The van der Waals surface area contributed by atoms with E-state index >= 15 is 0 Å². The van der Waals surface area contributed by atoms with Gasteiger partial charge in [-0.05, 0) is 85.5 Å². The molecule has 3 rings (SSSR count). The fraction of sp³-hybridized carbons (Fsp3) is 0.736. The van der Waals surface area contributed by atoms with Crippen LogP contribution in [-0.4, -0.2) is 183 Å². The van der Waals surface area contributed by atoms with Crippen LogP contribution in [0.2, 0.25) is 0 Å². The highest BCUT2D eigenvalue weighted by atomic mass is 16.7. The van der Waals surface area contributed by atoms with Crippen molar-refractivity contribution in [3.05, 3.63) is 72.9 Å². The number of aliphatic hydroxyl groups is 11. The van der Waals surface area contributed by atoms with Gasteiger partial charge in [0.2, 0.25) is 0 Å². The normalized spacial score (nSPS) is 43.2. The molecule has 0 radical (unpaired) electrons. The van der Waals surface area contributed by atoms with Crippen LogP contribution in [0.1, 0.15) is 125 Å². The van der Waals surface area contributed by atoms with Gasteiger partial charge in [0.15, 0.2) is 18.4 Å². The number of carboxylic acid groups (broad SMARTS) is 1. The molecule has 73 heavy (non-hydrogen) atoms. The number of carboxylic acids is 1. The standard InChI is InChI=1S/C53H87NO19/c1-32-18-16-14-12-10-8-6-7-9-11-13-15-17-19-40(72-51-48(62)46(54)47(61)34(3)71-51)22-20-36(50(64)65)24-25-53(67,68)30-42(59)41(58)23-21-37(55)27-38(56)28-39(57)29-44(60)69-33(2)26-43(32)73-45-31-52(5,66)49(63)35(4)70-45/h6-7,9,11-19,32-43,45-49,51,55-59,61-63,66-68H,8,10,20-31,54H2,1-5H3,(H,64,65)/b7-6+,11-9+,14-12+,15-13+,18-16+,19-17+/t32-,33-,34?,35-,36?,37?,38?,39?,40?,41?,42?,43?,45?,46?,47+,48?,49?,51+,52?/m0/s1. The number of ether oxygens (including phenoxy) is 5. The molecule has 14 N–H and O–H groups in total. The Hall–Kier alpha value is -3.26. The second-order valence-corrected chi connectivity index (χ2v) is 20.4. The Morgan fingerprint density at radius 2 is 1.29 bits per heavy atom. The highest BCUT2D eigenvalue weighted by Gasteiger charge is 2.45. The van der Waals surface area contributed by atoms with Gasteiger partial charge in [-0.15, -0.1) is 0 Å². The van der Waals surface area contributed by atoms with Crippen LogP contribution in [0.25, 0.3) is 0 Å². The van der Waals surface area contributed by atoms with Crippen molar-refractivity contribution < 1.29 is 94.6 Å². The number of aliphatic hydroxyl groups excluding tert-OH is 8. The maximum absolute atomic E-state index is 12.9. The Morgan fingerprint density at radius 3 is 1.95 bits per heavy atom. The number of carbonyl (C=O) groups excluding carboxylic acids is 1. The molecule has 418 valence electrons. The van der Waals surface area contributed by atoms with E-state index in [-0.39, 0.29) is 63.7 Å². The molecule has 0 aromatic carbocycles. The van der Waals surface area contributed by atoms with Gasteiger partial charge in [-0.25, -0.2) is 0 Å². The number of rotatable bonds is 5. The van der Waals surface area contributed by atoms with E-state index in [1.165, 1.54) is 6.92 Å². The van der Waals surface area contributed by atoms with Gasteiger partial charge in [0.1, 0.15) is 18.3 Å². The summed E-state index contributed by atoms with van der Waals surface area (Å²) in [5, 5.41) is 127. The molecular weight excluding hydrogens is 955 g/mol. The maximum Gasteiger partial charge on any atom is 0.308 e. The fourth-order valence-corrected chi connectivity index (χ4v) is 8.96. The number of hydrogen-bond acceptors (Lipinski definition) is 19. The topological polar surface area (TPSA) is 349 Å². The molecule has 0 aromatic heterocycles. The van der Waals surface area contributed by atoms with Crippen molar-refractivity contribution in [1.82, 2.24) is 0 Å². The minimum Gasteiger partial charge on any atom is -0.481 e. The van der Waals surface area contributed by atoms with Crippen molar-refractivity contribution in [3.63, 3.8) is 0 Å². The maximum atomic E-state index is 12.9. The Labute approximate surface area is 429 Å². The number of nitrogens with two attached hydrogens (primary N) is 1. The summed E-state index contributed by atoms with van der Waals surface area (Å²) in [7, 11) is 0. The van der Waals surface area contributed by atoms with Gasteiger partial charge in [0.25, 0.3) is 0 Å². The van der Waals surface area contributed by atoms with Gasteiger partial charge in [-0.1, -0.05) is 79.8 Å². The second kappa shape index (κ2) is 31.7. The summed E-state index contributed by atoms with van der Waals surface area (Å²) in [4.78, 5) is 25.3. The lowest BCUT2D eigenvalue weighted by Gasteiger charge is -2.43. The number of carbonyl (C=O) groups is 2. The third kappa shape index (κ3) is 23.7. The summed E-state index contributed by atoms with van der Waals surface area (Å²) >= 11 is 0. The molecular formula is C53H87NO19. The first kappa shape index (κ1) is 64.0. The molecule has 0 bridgehead atoms. The van der Waals surface area contributed by atoms with Crippen LogP contribution in [0.5, 0.6) is 0 Å². The molecule has 0 saturated carbocycles. The monoisotopic (exact) mass is 1040 g/mol. The molecule has 3 aliphatic rings. The first-order valence-corrected chi connectivity index (χ1v) is 25.7. The molecule has 14 unspecified atom stereocenters. The zero-order valence-electron chi connectivity index (χ0n) is 43.0. The third-order valence-corrected chi connectivity index (χ3v) is 13.5. The van der Waals surface area contributed by atoms with Gasteiger partial charge in [0.05, 0.1) is 85.0 Å². The summed E-state index contributed by atoms with van der Waals surface area (Å²) in [6.07, 6.45) is 4.47. The molecule has 0 spiro atoms. The fourth-order valence-electron chi connectivity index (χ4n) is 8.96. The van der Waals surface area contributed by atoms with Crippen molar-refractivity contribution in [3.8, 4) is 0 Å². The summed E-state index contributed by atoms with van der Waals surface area (Å²) in [5.74, 6) is -5.92. The molecule has 2 saturated heterocycles. The largest absolute Gasteiger partial charge is 0.481 e. The van der Waals surface area contributed by atoms with E-state index in [0.717, 1.165) is 12.8 Å². The first-order chi connectivity index (χ1) is 34.3. The lowest BCUT2D eigenvalue weighted by atomic mass is 9.89. The lowest BCUT2D eigenvalue weighted by Crippen LogP contribution is -2.61. The van der Waals surface area contributed by atoms with Crippen LogP contribution >= 0.6 is 0 Å². The van der Waals surface area contributed by atoms with E-state index < -0.39 is 146 Å². The highest BCUT2D eigenvalue weighted by Crippen LogP contribution is 2.33. The van der Waals surface area contributed by atoms with Crippen LogP contribution in [-0.2, 0) is 33.3 Å².